The number of carbonyl (C=O) groups is 1. The van der Waals surface area contributed by atoms with E-state index in [0.717, 1.165) is 12.8 Å². The minimum Gasteiger partial charge on any atom is -0.444 e. The second-order valence-electron chi connectivity index (χ2n) is 9.75. The third kappa shape index (κ3) is 4.01. The van der Waals surface area contributed by atoms with Crippen LogP contribution >= 0.6 is 0 Å². The highest BCUT2D eigenvalue weighted by atomic mass is 16.6. The van der Waals surface area contributed by atoms with Crippen molar-refractivity contribution in [3.63, 3.8) is 0 Å². The Morgan fingerprint density at radius 2 is 2.06 bits per heavy atom. The lowest BCUT2D eigenvalue weighted by atomic mass is 10.1. The molecule has 1 saturated heterocycles. The number of pyridine rings is 1. The summed E-state index contributed by atoms with van der Waals surface area (Å²) in [6, 6.07) is 5.30. The number of aryl methyl sites for hydroxylation is 1. The SMILES string of the molecule is Cn1c(=O)n(C2CCCN(C(=O)OC(C)(C)C)C2)c2nc(-c3cnn4ccc(C#N)cc34)ncc21. The average Bonchev–Trinajstić information content (AvgIpc) is 3.36. The molecule has 180 valence electrons. The van der Waals surface area contributed by atoms with Crippen LogP contribution in [0.5, 0.6) is 0 Å². The Balaban J connectivity index is 1.57. The molecule has 1 unspecified atom stereocenters. The van der Waals surface area contributed by atoms with Crippen LogP contribution in [0.1, 0.15) is 45.2 Å². The quantitative estimate of drug-likeness (QED) is 0.438. The molecule has 4 aromatic heterocycles. The Hall–Kier alpha value is -4.20. The van der Waals surface area contributed by atoms with E-state index in [0.29, 0.717) is 46.7 Å². The second kappa shape index (κ2) is 8.23. The average molecular weight is 475 g/mol. The Kier molecular flexibility index (Phi) is 5.31. The molecule has 1 amide bonds. The van der Waals surface area contributed by atoms with Gasteiger partial charge >= 0.3 is 11.8 Å². The molecule has 11 heteroatoms. The summed E-state index contributed by atoms with van der Waals surface area (Å²) in [4.78, 5) is 36.9. The van der Waals surface area contributed by atoms with E-state index in [1.807, 2.05) is 20.8 Å². The van der Waals surface area contributed by atoms with E-state index in [1.165, 1.54) is 4.57 Å². The zero-order chi connectivity index (χ0) is 24.9. The Labute approximate surface area is 201 Å². The van der Waals surface area contributed by atoms with Crippen molar-refractivity contribution >= 4 is 22.8 Å². The van der Waals surface area contributed by atoms with Crippen molar-refractivity contribution < 1.29 is 9.53 Å². The summed E-state index contributed by atoms with van der Waals surface area (Å²) in [6.07, 6.45) is 6.08. The maximum atomic E-state index is 13.3. The summed E-state index contributed by atoms with van der Waals surface area (Å²) in [5.74, 6) is 0.404. The molecule has 0 N–H and O–H groups in total. The molecule has 0 aromatic carbocycles. The third-order valence-corrected chi connectivity index (χ3v) is 6.14. The fourth-order valence-corrected chi connectivity index (χ4v) is 4.47. The number of fused-ring (bicyclic) bond motifs is 2. The van der Waals surface area contributed by atoms with Crippen molar-refractivity contribution in [2.45, 2.75) is 45.3 Å². The molecule has 5 rings (SSSR count). The van der Waals surface area contributed by atoms with Gasteiger partial charge in [0.15, 0.2) is 11.5 Å². The number of carbonyl (C=O) groups excluding carboxylic acids is 1. The molecule has 0 bridgehead atoms. The van der Waals surface area contributed by atoms with Gasteiger partial charge in [-0.15, -0.1) is 0 Å². The van der Waals surface area contributed by atoms with E-state index >= 15 is 0 Å². The Morgan fingerprint density at radius 1 is 1.26 bits per heavy atom. The lowest BCUT2D eigenvalue weighted by molar-refractivity contribution is 0.0172. The smallest absolute Gasteiger partial charge is 0.410 e. The van der Waals surface area contributed by atoms with Crippen molar-refractivity contribution in [3.8, 4) is 17.5 Å². The van der Waals surface area contributed by atoms with E-state index < -0.39 is 5.60 Å². The number of likely N-dealkylation sites (tertiary alicyclic amines) is 1. The lowest BCUT2D eigenvalue weighted by Crippen LogP contribution is -2.45. The number of nitrogens with zero attached hydrogens (tertiary/aromatic N) is 8. The van der Waals surface area contributed by atoms with Gasteiger partial charge in [-0.1, -0.05) is 0 Å². The first kappa shape index (κ1) is 22.6. The van der Waals surface area contributed by atoms with E-state index in [4.69, 9.17) is 9.72 Å². The van der Waals surface area contributed by atoms with Gasteiger partial charge in [-0.3, -0.25) is 9.13 Å². The van der Waals surface area contributed by atoms with Crippen LogP contribution in [-0.4, -0.2) is 58.4 Å². The van der Waals surface area contributed by atoms with Gasteiger partial charge in [0.1, 0.15) is 11.1 Å². The number of imidazole rings is 1. The van der Waals surface area contributed by atoms with Crippen LogP contribution in [0.3, 0.4) is 0 Å². The molecule has 1 fully saturated rings. The maximum Gasteiger partial charge on any atom is 0.410 e. The maximum absolute atomic E-state index is 13.3. The van der Waals surface area contributed by atoms with E-state index in [2.05, 4.69) is 16.2 Å². The van der Waals surface area contributed by atoms with Crippen molar-refractivity contribution in [2.75, 3.05) is 13.1 Å². The summed E-state index contributed by atoms with van der Waals surface area (Å²) < 4.78 is 10.4. The van der Waals surface area contributed by atoms with Gasteiger partial charge < -0.3 is 9.64 Å². The molecule has 11 nitrogen and oxygen atoms in total. The number of hydrogen-bond donors (Lipinski definition) is 0. The first-order valence-electron chi connectivity index (χ1n) is 11.5. The van der Waals surface area contributed by atoms with Crippen LogP contribution in [0.15, 0.2) is 35.5 Å². The third-order valence-electron chi connectivity index (χ3n) is 6.14. The minimum atomic E-state index is -0.595. The predicted octanol–water partition coefficient (Wildman–Crippen LogP) is 2.89. The summed E-state index contributed by atoms with van der Waals surface area (Å²) in [7, 11) is 1.69. The number of rotatable bonds is 2. The molecule has 0 spiro atoms. The van der Waals surface area contributed by atoms with Crippen molar-refractivity contribution in [1.82, 2.24) is 33.6 Å². The molecule has 35 heavy (non-hydrogen) atoms. The van der Waals surface area contributed by atoms with Gasteiger partial charge in [0, 0.05) is 26.3 Å². The highest BCUT2D eigenvalue weighted by Crippen LogP contribution is 2.27. The Morgan fingerprint density at radius 3 is 2.80 bits per heavy atom. The van der Waals surface area contributed by atoms with E-state index in [1.54, 1.807) is 51.8 Å². The molecule has 1 aliphatic rings. The van der Waals surface area contributed by atoms with Gasteiger partial charge in [-0.2, -0.15) is 10.4 Å². The van der Waals surface area contributed by atoms with Crippen LogP contribution in [0.2, 0.25) is 0 Å². The normalized spacial score (nSPS) is 16.5. The van der Waals surface area contributed by atoms with Gasteiger partial charge in [0.05, 0.1) is 41.1 Å². The zero-order valence-electron chi connectivity index (χ0n) is 20.1. The molecular weight excluding hydrogens is 448 g/mol. The summed E-state index contributed by atoms with van der Waals surface area (Å²) in [5.41, 5.74) is 2.14. The minimum absolute atomic E-state index is 0.214. The highest BCUT2D eigenvalue weighted by Gasteiger charge is 2.31. The number of nitriles is 1. The molecule has 0 aliphatic carbocycles. The van der Waals surface area contributed by atoms with E-state index in [-0.39, 0.29) is 17.8 Å². The van der Waals surface area contributed by atoms with Crippen LogP contribution in [0.4, 0.5) is 4.79 Å². The topological polar surface area (TPSA) is 123 Å². The molecule has 1 aliphatic heterocycles. The van der Waals surface area contributed by atoms with Crippen molar-refractivity contribution in [1.29, 1.82) is 5.26 Å². The fraction of sp³-hybridized carbons (Fsp3) is 0.417. The van der Waals surface area contributed by atoms with Gasteiger partial charge in [0.2, 0.25) is 0 Å². The lowest BCUT2D eigenvalue weighted by Gasteiger charge is -2.34. The van der Waals surface area contributed by atoms with Gasteiger partial charge in [0.25, 0.3) is 0 Å². The number of amides is 1. The molecule has 1 atom stereocenters. The predicted molar refractivity (Wildman–Crippen MR) is 128 cm³/mol. The van der Waals surface area contributed by atoms with Crippen LogP contribution in [-0.2, 0) is 11.8 Å². The monoisotopic (exact) mass is 474 g/mol. The van der Waals surface area contributed by atoms with Crippen LogP contribution in [0.25, 0.3) is 28.1 Å². The number of aromatic nitrogens is 6. The zero-order valence-corrected chi connectivity index (χ0v) is 20.1. The fourth-order valence-electron chi connectivity index (χ4n) is 4.47. The number of ether oxygens (including phenoxy) is 1. The second-order valence-corrected chi connectivity index (χ2v) is 9.75. The molecule has 4 aromatic rings. The summed E-state index contributed by atoms with van der Waals surface area (Å²) in [6.45, 7) is 6.43. The number of hydrogen-bond acceptors (Lipinski definition) is 7. The number of piperidine rings is 1. The molecule has 5 heterocycles. The highest BCUT2D eigenvalue weighted by molar-refractivity contribution is 5.80. The van der Waals surface area contributed by atoms with Gasteiger partial charge in [-0.05, 0) is 45.7 Å². The van der Waals surface area contributed by atoms with Crippen LogP contribution in [0, 0.1) is 11.3 Å². The standard InChI is InChI=1S/C24H26N8O3/c1-24(2,3)35-23(34)30-8-5-6-16(14-30)32-21-19(29(4)22(32)33)13-26-20(28-21)17-12-27-31-9-7-15(11-25)10-18(17)31/h7,9-10,12-13,16H,5-6,8,14H2,1-4H3. The molecule has 0 saturated carbocycles. The molecular formula is C24H26N8O3. The van der Waals surface area contributed by atoms with Gasteiger partial charge in [-0.25, -0.2) is 24.1 Å². The molecule has 0 radical (unpaired) electrons. The van der Waals surface area contributed by atoms with Crippen molar-refractivity contribution in [3.05, 3.63) is 46.8 Å². The first-order valence-corrected chi connectivity index (χ1v) is 11.5. The largest absolute Gasteiger partial charge is 0.444 e. The van der Waals surface area contributed by atoms with Crippen molar-refractivity contribution in [2.24, 2.45) is 7.05 Å². The summed E-state index contributed by atoms with van der Waals surface area (Å²) in [5, 5.41) is 13.6. The first-order chi connectivity index (χ1) is 16.7. The summed E-state index contributed by atoms with van der Waals surface area (Å²) >= 11 is 0. The van der Waals surface area contributed by atoms with Crippen LogP contribution < -0.4 is 5.69 Å². The van der Waals surface area contributed by atoms with E-state index in [9.17, 15) is 14.9 Å². The Bertz CT molecular complexity index is 1550.